The Morgan fingerprint density at radius 3 is 2.24 bits per heavy atom. The van der Waals surface area contributed by atoms with E-state index in [2.05, 4.69) is 24.3 Å². The molecule has 0 aromatic heterocycles. The molecule has 1 aliphatic heterocycles. The van der Waals surface area contributed by atoms with Crippen LogP contribution in [-0.4, -0.2) is 35.4 Å². The lowest BCUT2D eigenvalue weighted by atomic mass is 9.98. The summed E-state index contributed by atoms with van der Waals surface area (Å²) in [5.41, 5.74) is 4.72. The number of nitrogens with zero attached hydrogens (tertiary/aromatic N) is 1. The molecule has 4 rings (SSSR count). The second-order valence-electron chi connectivity index (χ2n) is 6.46. The first-order valence-corrected chi connectivity index (χ1v) is 8.85. The van der Waals surface area contributed by atoms with Crippen molar-refractivity contribution >= 4 is 22.9 Å². The number of likely N-dealkylation sites (tertiary alicyclic amines) is 1. The summed E-state index contributed by atoms with van der Waals surface area (Å²) in [6.07, 6.45) is 0.915. The van der Waals surface area contributed by atoms with Crippen LogP contribution in [0.3, 0.4) is 0 Å². The zero-order valence-corrected chi connectivity index (χ0v) is 14.4. The summed E-state index contributed by atoms with van der Waals surface area (Å²) in [4.78, 5) is 25.3. The fourth-order valence-corrected chi connectivity index (χ4v) is 4.13. The molecular weight excluding hydrogens is 338 g/mol. The minimum Gasteiger partial charge on any atom is -0.448 e. The van der Waals surface area contributed by atoms with Crippen molar-refractivity contribution in [1.82, 2.24) is 4.90 Å². The van der Waals surface area contributed by atoms with E-state index < -0.39 is 17.4 Å². The molecule has 2 aliphatic rings. The van der Waals surface area contributed by atoms with Crippen molar-refractivity contribution in [1.29, 1.82) is 0 Å². The van der Waals surface area contributed by atoms with E-state index in [4.69, 9.17) is 16.3 Å². The maximum atomic E-state index is 12.4. The number of hydrogen-bond donors (Lipinski definition) is 0. The summed E-state index contributed by atoms with van der Waals surface area (Å²) in [5.74, 6) is 0.0177. The summed E-state index contributed by atoms with van der Waals surface area (Å²) in [7, 11) is 0. The summed E-state index contributed by atoms with van der Waals surface area (Å²) >= 11 is 5.60. The van der Waals surface area contributed by atoms with Crippen molar-refractivity contribution in [2.24, 2.45) is 0 Å². The van der Waals surface area contributed by atoms with E-state index in [9.17, 15) is 9.59 Å². The quantitative estimate of drug-likeness (QED) is 0.776. The van der Waals surface area contributed by atoms with E-state index in [1.807, 2.05) is 24.3 Å². The molecular formula is C20H18ClNO3. The van der Waals surface area contributed by atoms with Crippen LogP contribution < -0.4 is 0 Å². The topological polar surface area (TPSA) is 46.6 Å². The van der Waals surface area contributed by atoms with Gasteiger partial charge in [-0.25, -0.2) is 4.79 Å². The smallest absolute Gasteiger partial charge is 0.410 e. The zero-order valence-electron chi connectivity index (χ0n) is 13.7. The van der Waals surface area contributed by atoms with Gasteiger partial charge in [0, 0.05) is 12.5 Å². The molecule has 1 atom stereocenters. The highest BCUT2D eigenvalue weighted by atomic mass is 35.5. The van der Waals surface area contributed by atoms with Crippen molar-refractivity contribution in [3.8, 4) is 11.1 Å². The maximum Gasteiger partial charge on any atom is 0.410 e. The second-order valence-corrected chi connectivity index (χ2v) is 6.83. The highest BCUT2D eigenvalue weighted by Crippen LogP contribution is 2.44. The van der Waals surface area contributed by atoms with Crippen LogP contribution in [0.2, 0.25) is 0 Å². The summed E-state index contributed by atoms with van der Waals surface area (Å²) in [6.45, 7) is 0.770. The van der Waals surface area contributed by atoms with E-state index in [1.165, 1.54) is 27.2 Å². The van der Waals surface area contributed by atoms with Crippen LogP contribution in [0, 0.1) is 0 Å². The Labute approximate surface area is 151 Å². The summed E-state index contributed by atoms with van der Waals surface area (Å²) < 4.78 is 5.58. The Bertz CT molecular complexity index is 790. The molecule has 128 valence electrons. The van der Waals surface area contributed by atoms with Gasteiger partial charge in [0.2, 0.25) is 5.24 Å². The van der Waals surface area contributed by atoms with Gasteiger partial charge in [-0.05, 0) is 46.7 Å². The van der Waals surface area contributed by atoms with Crippen LogP contribution in [0.5, 0.6) is 0 Å². The Kier molecular flexibility index (Phi) is 4.22. The van der Waals surface area contributed by atoms with Crippen LogP contribution >= 0.6 is 11.6 Å². The molecule has 1 saturated heterocycles. The third kappa shape index (κ3) is 2.81. The fourth-order valence-electron chi connectivity index (χ4n) is 3.90. The Morgan fingerprint density at radius 1 is 1.04 bits per heavy atom. The molecule has 4 nitrogen and oxygen atoms in total. The molecule has 25 heavy (non-hydrogen) atoms. The van der Waals surface area contributed by atoms with Gasteiger partial charge in [0.1, 0.15) is 12.6 Å². The molecule has 1 heterocycles. The lowest BCUT2D eigenvalue weighted by molar-refractivity contribution is -0.115. The maximum absolute atomic E-state index is 12.4. The Balaban J connectivity index is 1.53. The van der Waals surface area contributed by atoms with E-state index >= 15 is 0 Å². The molecule has 5 heteroatoms. The molecule has 1 unspecified atom stereocenters. The van der Waals surface area contributed by atoms with E-state index in [0.29, 0.717) is 13.0 Å². The highest BCUT2D eigenvalue weighted by Gasteiger charge is 2.35. The second kappa shape index (κ2) is 6.52. The van der Waals surface area contributed by atoms with E-state index in [-0.39, 0.29) is 12.5 Å². The lowest BCUT2D eigenvalue weighted by Gasteiger charge is -2.22. The number of carbonyl (C=O) groups is 2. The standard InChI is InChI=1S/C20H18ClNO3/c21-19(23)18-10-5-11-22(18)20(24)25-12-17-15-8-3-1-6-13(15)14-7-2-4-9-16(14)17/h1-4,6-9,17-18H,5,10-12H2. The first-order chi connectivity index (χ1) is 12.2. The number of rotatable bonds is 3. The van der Waals surface area contributed by atoms with Crippen molar-refractivity contribution in [2.45, 2.75) is 24.8 Å². The minimum absolute atomic E-state index is 0.0177. The van der Waals surface area contributed by atoms with Crippen LogP contribution in [0.15, 0.2) is 48.5 Å². The number of hydrogen-bond acceptors (Lipinski definition) is 3. The summed E-state index contributed by atoms with van der Waals surface area (Å²) in [6, 6.07) is 15.8. The summed E-state index contributed by atoms with van der Waals surface area (Å²) in [5, 5.41) is -0.494. The van der Waals surface area contributed by atoms with Gasteiger partial charge in [0.15, 0.2) is 0 Å². The van der Waals surface area contributed by atoms with Gasteiger partial charge < -0.3 is 4.74 Å². The van der Waals surface area contributed by atoms with Crippen LogP contribution in [0.25, 0.3) is 11.1 Å². The molecule has 0 spiro atoms. The van der Waals surface area contributed by atoms with Crippen LogP contribution in [0.1, 0.15) is 29.9 Å². The normalized spacial score (nSPS) is 18.8. The predicted molar refractivity (Wildman–Crippen MR) is 95.7 cm³/mol. The molecule has 0 radical (unpaired) electrons. The Hall–Kier alpha value is -2.33. The molecule has 2 aromatic carbocycles. The van der Waals surface area contributed by atoms with Crippen molar-refractivity contribution in [2.75, 3.05) is 13.2 Å². The molecule has 0 N–H and O–H groups in total. The monoisotopic (exact) mass is 355 g/mol. The number of carbonyl (C=O) groups excluding carboxylic acids is 2. The Morgan fingerprint density at radius 2 is 1.64 bits per heavy atom. The van der Waals surface area contributed by atoms with Crippen molar-refractivity contribution in [3.63, 3.8) is 0 Å². The predicted octanol–water partition coefficient (Wildman–Crippen LogP) is 4.17. The number of ether oxygens (including phenoxy) is 1. The highest BCUT2D eigenvalue weighted by molar-refractivity contribution is 6.64. The average Bonchev–Trinajstić information content (AvgIpc) is 3.23. The molecule has 0 bridgehead atoms. The number of benzene rings is 2. The largest absolute Gasteiger partial charge is 0.448 e. The van der Waals surface area contributed by atoms with Gasteiger partial charge >= 0.3 is 6.09 Å². The number of amides is 1. The van der Waals surface area contributed by atoms with Crippen molar-refractivity contribution in [3.05, 3.63) is 59.7 Å². The van der Waals surface area contributed by atoms with Crippen LogP contribution in [0.4, 0.5) is 4.79 Å². The molecule has 0 saturated carbocycles. The molecule has 1 amide bonds. The molecule has 1 aliphatic carbocycles. The third-order valence-electron chi connectivity index (χ3n) is 5.09. The molecule has 2 aromatic rings. The SMILES string of the molecule is O=C(Cl)C1CCCN1C(=O)OCC1c2ccccc2-c2ccccc21. The van der Waals surface area contributed by atoms with Gasteiger partial charge in [0.25, 0.3) is 0 Å². The number of fused-ring (bicyclic) bond motifs is 3. The molecule has 1 fully saturated rings. The lowest BCUT2D eigenvalue weighted by Crippen LogP contribution is -2.39. The van der Waals surface area contributed by atoms with E-state index in [1.54, 1.807) is 0 Å². The van der Waals surface area contributed by atoms with Gasteiger partial charge in [-0.2, -0.15) is 0 Å². The van der Waals surface area contributed by atoms with Gasteiger partial charge in [-0.3, -0.25) is 9.69 Å². The number of halogens is 1. The van der Waals surface area contributed by atoms with E-state index in [0.717, 1.165) is 6.42 Å². The fraction of sp³-hybridized carbons (Fsp3) is 0.300. The third-order valence-corrected chi connectivity index (χ3v) is 5.34. The first kappa shape index (κ1) is 16.2. The average molecular weight is 356 g/mol. The van der Waals surface area contributed by atoms with Gasteiger partial charge in [0.05, 0.1) is 0 Å². The van der Waals surface area contributed by atoms with Crippen LogP contribution in [-0.2, 0) is 9.53 Å². The minimum atomic E-state index is -0.558. The van der Waals surface area contributed by atoms with Gasteiger partial charge in [-0.1, -0.05) is 48.5 Å². The van der Waals surface area contributed by atoms with Crippen molar-refractivity contribution < 1.29 is 14.3 Å². The van der Waals surface area contributed by atoms with Gasteiger partial charge in [-0.15, -0.1) is 0 Å². The first-order valence-electron chi connectivity index (χ1n) is 8.48. The zero-order chi connectivity index (χ0) is 17.4.